The van der Waals surface area contributed by atoms with Crippen molar-refractivity contribution >= 4 is 17.5 Å². The minimum absolute atomic E-state index is 0.0517. The molecular weight excluding hydrogens is 258 g/mol. The zero-order valence-electron chi connectivity index (χ0n) is 12.0. The zero-order chi connectivity index (χ0) is 15.1. The van der Waals surface area contributed by atoms with Crippen LogP contribution < -0.4 is 16.4 Å². The second-order valence-electron chi connectivity index (χ2n) is 4.66. The third kappa shape index (κ3) is 4.64. The molecule has 20 heavy (non-hydrogen) atoms. The van der Waals surface area contributed by atoms with Crippen molar-refractivity contribution in [2.45, 2.75) is 26.0 Å². The molecule has 4 N–H and O–H groups in total. The molecule has 2 amide bonds. The third-order valence-corrected chi connectivity index (χ3v) is 2.60. The maximum atomic E-state index is 11.9. The smallest absolute Gasteiger partial charge is 0.254 e. The number of amides is 2. The average molecular weight is 279 g/mol. The monoisotopic (exact) mass is 279 g/mol. The van der Waals surface area contributed by atoms with E-state index in [0.717, 1.165) is 0 Å². The molecular formula is C14H21N3O3. The molecule has 1 atom stereocenters. The van der Waals surface area contributed by atoms with Gasteiger partial charge in [0.1, 0.15) is 6.10 Å². The van der Waals surface area contributed by atoms with Crippen LogP contribution in [0.2, 0.25) is 0 Å². The zero-order valence-corrected chi connectivity index (χ0v) is 12.0. The highest BCUT2D eigenvalue weighted by Crippen LogP contribution is 2.11. The molecule has 0 heterocycles. The molecule has 6 heteroatoms. The highest BCUT2D eigenvalue weighted by molar-refractivity contribution is 5.98. The van der Waals surface area contributed by atoms with Crippen LogP contribution in [0, 0.1) is 0 Å². The lowest BCUT2D eigenvalue weighted by atomic mass is 10.1. The van der Waals surface area contributed by atoms with Crippen LogP contribution in [0.4, 0.5) is 5.69 Å². The van der Waals surface area contributed by atoms with Gasteiger partial charge in [-0.15, -0.1) is 0 Å². The summed E-state index contributed by atoms with van der Waals surface area (Å²) in [6.45, 7) is 3.86. The Hall–Kier alpha value is -1.92. The number of hydrogen-bond acceptors (Lipinski definition) is 4. The molecule has 6 nitrogen and oxygen atoms in total. The molecule has 1 unspecified atom stereocenters. The number of nitrogens with two attached hydrogens (primary N) is 1. The van der Waals surface area contributed by atoms with E-state index in [9.17, 15) is 9.59 Å². The van der Waals surface area contributed by atoms with Gasteiger partial charge in [0.2, 0.25) is 0 Å². The molecule has 110 valence electrons. The molecule has 1 aromatic rings. The van der Waals surface area contributed by atoms with Crippen molar-refractivity contribution < 1.29 is 14.3 Å². The summed E-state index contributed by atoms with van der Waals surface area (Å²) in [5.41, 5.74) is 6.43. The Labute approximate surface area is 118 Å². The van der Waals surface area contributed by atoms with E-state index in [1.165, 1.54) is 7.11 Å². The molecule has 1 rings (SSSR count). The van der Waals surface area contributed by atoms with Gasteiger partial charge in [-0.05, 0) is 32.0 Å². The lowest BCUT2D eigenvalue weighted by molar-refractivity contribution is -0.125. The molecule has 0 radical (unpaired) electrons. The first-order chi connectivity index (χ1) is 9.47. The topological polar surface area (TPSA) is 93.4 Å². The van der Waals surface area contributed by atoms with Crippen LogP contribution in [0.1, 0.15) is 24.2 Å². The van der Waals surface area contributed by atoms with Gasteiger partial charge in [0.25, 0.3) is 11.8 Å². The van der Waals surface area contributed by atoms with E-state index in [1.807, 2.05) is 13.8 Å². The van der Waals surface area contributed by atoms with Gasteiger partial charge in [-0.25, -0.2) is 0 Å². The average Bonchev–Trinajstić information content (AvgIpc) is 2.39. The number of hydrogen-bond donors (Lipinski definition) is 3. The van der Waals surface area contributed by atoms with Crippen LogP contribution in [0.15, 0.2) is 24.3 Å². The van der Waals surface area contributed by atoms with E-state index >= 15 is 0 Å². The van der Waals surface area contributed by atoms with Crippen molar-refractivity contribution in [2.24, 2.45) is 5.73 Å². The Bertz CT molecular complexity index is 470. The van der Waals surface area contributed by atoms with Gasteiger partial charge in [-0.2, -0.15) is 0 Å². The minimum atomic E-state index is -0.705. The quantitative estimate of drug-likeness (QED) is 0.716. The SMILES string of the molecule is COC(CN)C(=O)Nc1cccc(C(=O)NC(C)C)c1. The van der Waals surface area contributed by atoms with Crippen molar-refractivity contribution in [3.63, 3.8) is 0 Å². The van der Waals surface area contributed by atoms with Gasteiger partial charge >= 0.3 is 0 Å². The number of carbonyl (C=O) groups is 2. The molecule has 0 saturated carbocycles. The fraction of sp³-hybridized carbons (Fsp3) is 0.429. The maximum Gasteiger partial charge on any atom is 0.254 e. The summed E-state index contributed by atoms with van der Waals surface area (Å²) in [5.74, 6) is -0.519. The summed E-state index contributed by atoms with van der Waals surface area (Å²) in [6, 6.07) is 6.75. The predicted octanol–water partition coefficient (Wildman–Crippen LogP) is 0.737. The van der Waals surface area contributed by atoms with Crippen molar-refractivity contribution in [1.82, 2.24) is 5.32 Å². The van der Waals surface area contributed by atoms with E-state index in [1.54, 1.807) is 24.3 Å². The first kappa shape index (κ1) is 16.1. The van der Waals surface area contributed by atoms with Crippen LogP contribution in [0.3, 0.4) is 0 Å². The summed E-state index contributed by atoms with van der Waals surface area (Å²) in [5, 5.41) is 5.46. The fourth-order valence-corrected chi connectivity index (χ4v) is 1.62. The largest absolute Gasteiger partial charge is 0.370 e. The van der Waals surface area contributed by atoms with Gasteiger partial charge in [-0.1, -0.05) is 6.07 Å². The maximum absolute atomic E-state index is 11.9. The minimum Gasteiger partial charge on any atom is -0.370 e. The molecule has 0 saturated heterocycles. The van der Waals surface area contributed by atoms with Gasteiger partial charge < -0.3 is 21.1 Å². The molecule has 0 aromatic heterocycles. The fourth-order valence-electron chi connectivity index (χ4n) is 1.62. The Kier molecular flexibility index (Phi) is 6.14. The molecule has 1 aromatic carbocycles. The Morgan fingerprint density at radius 2 is 2.05 bits per heavy atom. The van der Waals surface area contributed by atoms with Crippen molar-refractivity contribution in [1.29, 1.82) is 0 Å². The molecule has 0 spiro atoms. The summed E-state index contributed by atoms with van der Waals surface area (Å²) in [6.07, 6.45) is -0.705. The molecule has 0 aliphatic carbocycles. The third-order valence-electron chi connectivity index (χ3n) is 2.60. The number of benzene rings is 1. The Morgan fingerprint density at radius 3 is 2.60 bits per heavy atom. The van der Waals surface area contributed by atoms with E-state index in [2.05, 4.69) is 10.6 Å². The van der Waals surface area contributed by atoms with Crippen LogP contribution in [0.25, 0.3) is 0 Å². The van der Waals surface area contributed by atoms with Gasteiger partial charge in [0.05, 0.1) is 0 Å². The highest BCUT2D eigenvalue weighted by Gasteiger charge is 2.16. The number of nitrogens with one attached hydrogen (secondary N) is 2. The normalized spacial score (nSPS) is 12.1. The first-order valence-electron chi connectivity index (χ1n) is 6.42. The van der Waals surface area contributed by atoms with E-state index in [0.29, 0.717) is 11.3 Å². The Morgan fingerprint density at radius 1 is 1.35 bits per heavy atom. The molecule has 0 aliphatic rings. The molecule has 0 aliphatic heterocycles. The second kappa shape index (κ2) is 7.62. The standard InChI is InChI=1S/C14H21N3O3/c1-9(2)16-13(18)10-5-4-6-11(7-10)17-14(19)12(8-15)20-3/h4-7,9,12H,8,15H2,1-3H3,(H,16,18)(H,17,19). The van der Waals surface area contributed by atoms with Crippen LogP contribution in [0.5, 0.6) is 0 Å². The number of anilines is 1. The highest BCUT2D eigenvalue weighted by atomic mass is 16.5. The predicted molar refractivity (Wildman–Crippen MR) is 77.5 cm³/mol. The van der Waals surface area contributed by atoms with Gasteiger partial charge in [0, 0.05) is 30.9 Å². The van der Waals surface area contributed by atoms with Crippen LogP contribution in [-0.4, -0.2) is 37.6 Å². The number of carbonyl (C=O) groups excluding carboxylic acids is 2. The van der Waals surface area contributed by atoms with Crippen molar-refractivity contribution in [3.8, 4) is 0 Å². The molecule has 0 fully saturated rings. The van der Waals surface area contributed by atoms with Gasteiger partial charge in [-0.3, -0.25) is 9.59 Å². The lowest BCUT2D eigenvalue weighted by Gasteiger charge is -2.14. The summed E-state index contributed by atoms with van der Waals surface area (Å²) in [7, 11) is 1.42. The van der Waals surface area contributed by atoms with E-state index in [4.69, 9.17) is 10.5 Å². The molecule has 0 bridgehead atoms. The van der Waals surface area contributed by atoms with Crippen molar-refractivity contribution in [3.05, 3.63) is 29.8 Å². The van der Waals surface area contributed by atoms with Crippen LogP contribution >= 0.6 is 0 Å². The summed E-state index contributed by atoms with van der Waals surface area (Å²) >= 11 is 0. The van der Waals surface area contributed by atoms with E-state index in [-0.39, 0.29) is 24.4 Å². The summed E-state index contributed by atoms with van der Waals surface area (Å²) < 4.78 is 4.95. The second-order valence-corrected chi connectivity index (χ2v) is 4.66. The van der Waals surface area contributed by atoms with Gasteiger partial charge in [0.15, 0.2) is 0 Å². The van der Waals surface area contributed by atoms with Crippen molar-refractivity contribution in [2.75, 3.05) is 19.0 Å². The number of methoxy groups -OCH3 is 1. The lowest BCUT2D eigenvalue weighted by Crippen LogP contribution is -2.36. The summed E-state index contributed by atoms with van der Waals surface area (Å²) in [4.78, 5) is 23.7. The Balaban J connectivity index is 2.78. The number of ether oxygens (including phenoxy) is 1. The number of rotatable bonds is 6. The first-order valence-corrected chi connectivity index (χ1v) is 6.42. The van der Waals surface area contributed by atoms with E-state index < -0.39 is 6.10 Å². The van der Waals surface area contributed by atoms with Crippen LogP contribution in [-0.2, 0) is 9.53 Å².